The van der Waals surface area contributed by atoms with E-state index in [1.807, 2.05) is 6.07 Å². The molecule has 2 aliphatic rings. The number of hydrogen-bond acceptors (Lipinski definition) is 4. The fraction of sp³-hybridized carbons (Fsp3) is 0.529. The maximum Gasteiger partial charge on any atom is 0.330 e. The minimum atomic E-state index is -1.15. The van der Waals surface area contributed by atoms with Gasteiger partial charge in [0.1, 0.15) is 11.3 Å². The Balaban J connectivity index is 1.70. The van der Waals surface area contributed by atoms with Gasteiger partial charge in [0.25, 0.3) is 5.91 Å². The number of carboxylic acids is 1. The number of carboxylic acid groups (broad SMARTS) is 1. The van der Waals surface area contributed by atoms with Crippen molar-refractivity contribution in [3.8, 4) is 5.75 Å². The lowest BCUT2D eigenvalue weighted by Crippen LogP contribution is -2.54. The highest BCUT2D eigenvalue weighted by Crippen LogP contribution is 2.29. The quantitative estimate of drug-likeness (QED) is 0.865. The first-order valence-electron chi connectivity index (χ1n) is 7.99. The van der Waals surface area contributed by atoms with Crippen LogP contribution in [-0.4, -0.2) is 40.1 Å². The van der Waals surface area contributed by atoms with Crippen LogP contribution in [0.4, 0.5) is 0 Å². The minimum Gasteiger partial charge on any atom is -0.490 e. The molecule has 2 N–H and O–H groups in total. The van der Waals surface area contributed by atoms with Gasteiger partial charge < -0.3 is 15.2 Å². The van der Waals surface area contributed by atoms with Crippen molar-refractivity contribution >= 4 is 23.6 Å². The number of carbonyl (C=O) groups excluding carboxylic acids is 1. The fourth-order valence-corrected chi connectivity index (χ4v) is 4.41. The van der Waals surface area contributed by atoms with E-state index in [1.165, 1.54) is 12.8 Å². The standard InChI is InChI=1S/C17H21NO4S/c19-15(18-17(16(20)21)8-9-23-11-17)12-4-3-7-14(10-12)22-13-5-1-2-6-13/h3-4,7,10,13H,1-2,5-6,8-9,11H2,(H,18,19)(H,20,21). The molecule has 1 aromatic carbocycles. The molecule has 23 heavy (non-hydrogen) atoms. The van der Waals surface area contributed by atoms with Crippen molar-refractivity contribution in [2.24, 2.45) is 0 Å². The topological polar surface area (TPSA) is 75.6 Å². The summed E-state index contributed by atoms with van der Waals surface area (Å²) in [6, 6.07) is 7.00. The van der Waals surface area contributed by atoms with Crippen molar-refractivity contribution in [2.75, 3.05) is 11.5 Å². The third kappa shape index (κ3) is 3.63. The summed E-state index contributed by atoms with van der Waals surface area (Å²) in [5.41, 5.74) is -0.706. The lowest BCUT2D eigenvalue weighted by Gasteiger charge is -2.24. The molecule has 1 amide bonds. The van der Waals surface area contributed by atoms with Crippen LogP contribution in [0.2, 0.25) is 0 Å². The van der Waals surface area contributed by atoms with Crippen molar-refractivity contribution in [2.45, 2.75) is 43.7 Å². The van der Waals surface area contributed by atoms with Crippen LogP contribution in [0.5, 0.6) is 5.75 Å². The molecule has 1 aliphatic carbocycles. The molecule has 0 aromatic heterocycles. The number of carbonyl (C=O) groups is 2. The van der Waals surface area contributed by atoms with Gasteiger partial charge in [0, 0.05) is 11.3 Å². The van der Waals surface area contributed by atoms with E-state index >= 15 is 0 Å². The molecule has 6 heteroatoms. The van der Waals surface area contributed by atoms with Gasteiger partial charge in [0.2, 0.25) is 0 Å². The Morgan fingerprint density at radius 3 is 2.74 bits per heavy atom. The fourth-order valence-electron chi connectivity index (χ4n) is 3.08. The Labute approximate surface area is 139 Å². The van der Waals surface area contributed by atoms with Gasteiger partial charge in [0.15, 0.2) is 0 Å². The molecule has 1 unspecified atom stereocenters. The zero-order valence-electron chi connectivity index (χ0n) is 12.9. The maximum absolute atomic E-state index is 12.5. The van der Waals surface area contributed by atoms with Crippen LogP contribution in [0.1, 0.15) is 42.5 Å². The average molecular weight is 335 g/mol. The summed E-state index contributed by atoms with van der Waals surface area (Å²) in [5, 5.41) is 12.2. The number of ether oxygens (including phenoxy) is 1. The molecular formula is C17H21NO4S. The van der Waals surface area contributed by atoms with Gasteiger partial charge in [-0.1, -0.05) is 6.07 Å². The molecule has 5 nitrogen and oxygen atoms in total. The van der Waals surface area contributed by atoms with Crippen LogP contribution in [0.25, 0.3) is 0 Å². The molecule has 1 saturated heterocycles. The molecule has 1 atom stereocenters. The molecule has 1 aliphatic heterocycles. The number of nitrogens with one attached hydrogen (secondary N) is 1. The first-order valence-corrected chi connectivity index (χ1v) is 9.15. The number of benzene rings is 1. The van der Waals surface area contributed by atoms with Crippen LogP contribution in [0.15, 0.2) is 24.3 Å². The van der Waals surface area contributed by atoms with Crippen LogP contribution >= 0.6 is 11.8 Å². The molecular weight excluding hydrogens is 314 g/mol. The lowest BCUT2D eigenvalue weighted by atomic mass is 9.98. The molecule has 1 aromatic rings. The second-order valence-electron chi connectivity index (χ2n) is 6.20. The normalized spacial score (nSPS) is 24.5. The summed E-state index contributed by atoms with van der Waals surface area (Å²) in [4.78, 5) is 24.0. The molecule has 0 radical (unpaired) electrons. The second kappa shape index (κ2) is 6.83. The van der Waals surface area contributed by atoms with Gasteiger partial charge in [-0.2, -0.15) is 11.8 Å². The largest absolute Gasteiger partial charge is 0.490 e. The van der Waals surface area contributed by atoms with Crippen molar-refractivity contribution in [3.63, 3.8) is 0 Å². The first-order chi connectivity index (χ1) is 11.1. The third-order valence-corrected chi connectivity index (χ3v) is 5.67. The monoisotopic (exact) mass is 335 g/mol. The maximum atomic E-state index is 12.5. The smallest absolute Gasteiger partial charge is 0.330 e. The molecule has 3 rings (SSSR count). The number of rotatable bonds is 5. The van der Waals surface area contributed by atoms with Gasteiger partial charge in [-0.25, -0.2) is 4.79 Å². The predicted octanol–water partition coefficient (Wildman–Crippen LogP) is 2.70. The zero-order valence-corrected chi connectivity index (χ0v) is 13.7. The number of thioether (sulfide) groups is 1. The highest BCUT2D eigenvalue weighted by Gasteiger charge is 2.43. The Bertz CT molecular complexity index is 592. The van der Waals surface area contributed by atoms with Crippen molar-refractivity contribution < 1.29 is 19.4 Å². The van der Waals surface area contributed by atoms with Gasteiger partial charge in [-0.05, 0) is 56.1 Å². The Morgan fingerprint density at radius 2 is 2.09 bits per heavy atom. The minimum absolute atomic E-state index is 0.227. The first kappa shape index (κ1) is 16.2. The Morgan fingerprint density at radius 1 is 1.30 bits per heavy atom. The zero-order chi connectivity index (χ0) is 16.3. The van der Waals surface area contributed by atoms with E-state index in [0.29, 0.717) is 23.5 Å². The Hall–Kier alpha value is -1.69. The lowest BCUT2D eigenvalue weighted by molar-refractivity contribution is -0.143. The average Bonchev–Trinajstić information content (AvgIpc) is 3.20. The molecule has 0 spiro atoms. The summed E-state index contributed by atoms with van der Waals surface area (Å²) >= 11 is 1.55. The summed E-state index contributed by atoms with van der Waals surface area (Å²) in [6.07, 6.45) is 5.15. The Kier molecular flexibility index (Phi) is 4.80. The van der Waals surface area contributed by atoms with Crippen molar-refractivity contribution in [1.29, 1.82) is 0 Å². The van der Waals surface area contributed by atoms with Crippen LogP contribution < -0.4 is 10.1 Å². The van der Waals surface area contributed by atoms with E-state index in [-0.39, 0.29) is 12.0 Å². The summed E-state index contributed by atoms with van der Waals surface area (Å²) in [6.45, 7) is 0. The van der Waals surface area contributed by atoms with E-state index < -0.39 is 11.5 Å². The van der Waals surface area contributed by atoms with Crippen LogP contribution in [0, 0.1) is 0 Å². The van der Waals surface area contributed by atoms with E-state index in [1.54, 1.807) is 30.0 Å². The third-order valence-electron chi connectivity index (χ3n) is 4.49. The predicted molar refractivity (Wildman–Crippen MR) is 89.1 cm³/mol. The van der Waals surface area contributed by atoms with E-state index in [0.717, 1.165) is 18.6 Å². The van der Waals surface area contributed by atoms with E-state index in [9.17, 15) is 14.7 Å². The van der Waals surface area contributed by atoms with E-state index in [4.69, 9.17) is 4.74 Å². The summed E-state index contributed by atoms with van der Waals surface area (Å²) in [5.74, 6) is 0.514. The van der Waals surface area contributed by atoms with Gasteiger partial charge in [0.05, 0.1) is 6.10 Å². The van der Waals surface area contributed by atoms with E-state index in [2.05, 4.69) is 5.32 Å². The summed E-state index contributed by atoms with van der Waals surface area (Å²) in [7, 11) is 0. The van der Waals surface area contributed by atoms with Crippen molar-refractivity contribution in [1.82, 2.24) is 5.32 Å². The van der Waals surface area contributed by atoms with Crippen LogP contribution in [0.3, 0.4) is 0 Å². The van der Waals surface area contributed by atoms with Gasteiger partial charge in [-0.15, -0.1) is 0 Å². The highest BCUT2D eigenvalue weighted by molar-refractivity contribution is 7.99. The van der Waals surface area contributed by atoms with Gasteiger partial charge >= 0.3 is 5.97 Å². The highest BCUT2D eigenvalue weighted by atomic mass is 32.2. The van der Waals surface area contributed by atoms with Gasteiger partial charge in [-0.3, -0.25) is 4.79 Å². The second-order valence-corrected chi connectivity index (χ2v) is 7.30. The molecule has 1 heterocycles. The van der Waals surface area contributed by atoms with Crippen molar-refractivity contribution in [3.05, 3.63) is 29.8 Å². The molecule has 2 fully saturated rings. The number of hydrogen-bond donors (Lipinski definition) is 2. The number of aliphatic carboxylic acids is 1. The van der Waals surface area contributed by atoms with Crippen LogP contribution in [-0.2, 0) is 4.79 Å². The molecule has 124 valence electrons. The molecule has 0 bridgehead atoms. The SMILES string of the molecule is O=C(NC1(C(=O)O)CCSC1)c1cccc(OC2CCCC2)c1. The molecule has 1 saturated carbocycles. The summed E-state index contributed by atoms with van der Waals surface area (Å²) < 4.78 is 5.91. The number of amides is 1.